The summed E-state index contributed by atoms with van der Waals surface area (Å²) in [5.41, 5.74) is 0. The van der Waals surface area contributed by atoms with Crippen molar-refractivity contribution in [2.75, 3.05) is 26.3 Å². The minimum Gasteiger partial charge on any atom is -0.382 e. The quantitative estimate of drug-likeness (QED) is 0.227. The van der Waals surface area contributed by atoms with Gasteiger partial charge in [-0.2, -0.15) is 0 Å². The summed E-state index contributed by atoms with van der Waals surface area (Å²) in [5, 5.41) is 15.3. The van der Waals surface area contributed by atoms with Crippen LogP contribution >= 0.6 is 24.0 Å². The lowest BCUT2D eigenvalue weighted by Gasteiger charge is -2.31. The Morgan fingerprint density at radius 2 is 2.15 bits per heavy atom. The molecular weight excluding hydrogens is 455 g/mol. The van der Waals surface area contributed by atoms with Crippen LogP contribution in [0.4, 0.5) is 0 Å². The minimum atomic E-state index is 0. The highest BCUT2D eigenvalue weighted by Crippen LogP contribution is 2.23. The molecule has 0 saturated heterocycles. The molecule has 0 amide bonds. The van der Waals surface area contributed by atoms with E-state index >= 15 is 0 Å². The standard InChI is InChI=1S/C19H36N6O.HI/c1-4-18-24-22-15-25(18)13-12-21-19(20-11-8-14-26-5-2)23-17-10-7-6-9-16(17)3;/h15-17H,4-14H2,1-3H3,(H2,20,21,23);1H. The Balaban J connectivity index is 0.00000364. The number of aromatic nitrogens is 3. The highest BCUT2D eigenvalue weighted by molar-refractivity contribution is 14.0. The Bertz CT molecular complexity index is 536. The van der Waals surface area contributed by atoms with Crippen LogP contribution in [0.5, 0.6) is 0 Å². The fourth-order valence-corrected chi connectivity index (χ4v) is 3.39. The molecule has 1 heterocycles. The van der Waals surface area contributed by atoms with Gasteiger partial charge in [-0.3, -0.25) is 4.99 Å². The second-order valence-electron chi connectivity index (χ2n) is 7.01. The summed E-state index contributed by atoms with van der Waals surface area (Å²) >= 11 is 0. The maximum Gasteiger partial charge on any atom is 0.191 e. The monoisotopic (exact) mass is 492 g/mol. The van der Waals surface area contributed by atoms with Crippen LogP contribution in [-0.4, -0.2) is 53.1 Å². The average molecular weight is 492 g/mol. The van der Waals surface area contributed by atoms with Crippen LogP contribution in [-0.2, 0) is 17.7 Å². The SMILES string of the molecule is CCOCCCN=C(NCCn1cnnc1CC)NC1CCCCC1C.I. The fraction of sp³-hybridized carbons (Fsp3) is 0.842. The first-order valence-corrected chi connectivity index (χ1v) is 10.2. The van der Waals surface area contributed by atoms with E-state index in [1.165, 1.54) is 25.7 Å². The van der Waals surface area contributed by atoms with Gasteiger partial charge in [-0.05, 0) is 32.1 Å². The Labute approximate surface area is 181 Å². The van der Waals surface area contributed by atoms with E-state index in [9.17, 15) is 0 Å². The van der Waals surface area contributed by atoms with Crippen LogP contribution in [0.1, 0.15) is 58.7 Å². The number of rotatable bonds is 10. The van der Waals surface area contributed by atoms with E-state index in [2.05, 4.69) is 39.2 Å². The Morgan fingerprint density at radius 1 is 1.33 bits per heavy atom. The number of nitrogens with one attached hydrogen (secondary N) is 2. The summed E-state index contributed by atoms with van der Waals surface area (Å²) in [6, 6.07) is 0.517. The molecule has 2 N–H and O–H groups in total. The van der Waals surface area contributed by atoms with Crippen molar-refractivity contribution in [3.63, 3.8) is 0 Å². The van der Waals surface area contributed by atoms with Crippen LogP contribution in [0.3, 0.4) is 0 Å². The van der Waals surface area contributed by atoms with Crippen LogP contribution in [0.25, 0.3) is 0 Å². The van der Waals surface area contributed by atoms with Crippen LogP contribution in [0, 0.1) is 5.92 Å². The molecule has 0 spiro atoms. The molecule has 27 heavy (non-hydrogen) atoms. The van der Waals surface area contributed by atoms with Gasteiger partial charge in [-0.25, -0.2) is 0 Å². The first-order valence-electron chi connectivity index (χ1n) is 10.2. The Morgan fingerprint density at radius 3 is 2.89 bits per heavy atom. The zero-order valence-corrected chi connectivity index (χ0v) is 19.4. The highest BCUT2D eigenvalue weighted by Gasteiger charge is 2.22. The van der Waals surface area contributed by atoms with Crippen molar-refractivity contribution in [1.82, 2.24) is 25.4 Å². The van der Waals surface area contributed by atoms with E-state index in [-0.39, 0.29) is 24.0 Å². The average Bonchev–Trinajstić information content (AvgIpc) is 3.10. The topological polar surface area (TPSA) is 76.4 Å². The van der Waals surface area contributed by atoms with Crippen molar-refractivity contribution in [2.24, 2.45) is 10.9 Å². The van der Waals surface area contributed by atoms with Gasteiger partial charge in [-0.1, -0.05) is 26.7 Å². The van der Waals surface area contributed by atoms with Gasteiger partial charge in [0.25, 0.3) is 0 Å². The van der Waals surface area contributed by atoms with Gasteiger partial charge in [0.05, 0.1) is 0 Å². The maximum atomic E-state index is 5.41. The van der Waals surface area contributed by atoms with Gasteiger partial charge in [0.15, 0.2) is 5.96 Å². The molecule has 2 rings (SSSR count). The summed E-state index contributed by atoms with van der Waals surface area (Å²) in [5.74, 6) is 2.64. The molecule has 0 bridgehead atoms. The summed E-state index contributed by atoms with van der Waals surface area (Å²) in [4.78, 5) is 4.76. The van der Waals surface area contributed by atoms with E-state index in [0.717, 1.165) is 57.5 Å². The van der Waals surface area contributed by atoms with Crippen LogP contribution in [0.15, 0.2) is 11.3 Å². The van der Waals surface area contributed by atoms with Gasteiger partial charge in [0.1, 0.15) is 12.2 Å². The first-order chi connectivity index (χ1) is 12.7. The normalized spacial score (nSPS) is 20.2. The van der Waals surface area contributed by atoms with Crippen molar-refractivity contribution in [1.29, 1.82) is 0 Å². The molecule has 2 atom stereocenters. The molecule has 7 nitrogen and oxygen atoms in total. The fourth-order valence-electron chi connectivity index (χ4n) is 3.39. The third-order valence-corrected chi connectivity index (χ3v) is 5.01. The second-order valence-corrected chi connectivity index (χ2v) is 7.01. The third-order valence-electron chi connectivity index (χ3n) is 5.01. The predicted molar refractivity (Wildman–Crippen MR) is 121 cm³/mol. The molecule has 0 aromatic carbocycles. The van der Waals surface area contributed by atoms with Crippen molar-refractivity contribution in [3.05, 3.63) is 12.2 Å². The lowest BCUT2D eigenvalue weighted by atomic mass is 9.86. The van der Waals surface area contributed by atoms with Gasteiger partial charge >= 0.3 is 0 Å². The first kappa shape index (κ1) is 24.1. The largest absolute Gasteiger partial charge is 0.382 e. The van der Waals surface area contributed by atoms with Crippen molar-refractivity contribution in [3.8, 4) is 0 Å². The molecule has 0 radical (unpaired) electrons. The number of halogens is 1. The summed E-state index contributed by atoms with van der Waals surface area (Å²) in [6.45, 7) is 10.4. The number of ether oxygens (including phenoxy) is 1. The molecule has 2 unspecified atom stereocenters. The number of aliphatic imine (C=N–C) groups is 1. The maximum absolute atomic E-state index is 5.41. The van der Waals surface area contributed by atoms with E-state index in [1.54, 1.807) is 6.33 Å². The Hall–Kier alpha value is -0.900. The van der Waals surface area contributed by atoms with Crippen molar-refractivity contribution < 1.29 is 4.74 Å². The smallest absolute Gasteiger partial charge is 0.191 e. The van der Waals surface area contributed by atoms with Gasteiger partial charge < -0.3 is 19.9 Å². The predicted octanol–water partition coefficient (Wildman–Crippen LogP) is 3.00. The molecule has 156 valence electrons. The molecular formula is C19H37IN6O. The van der Waals surface area contributed by atoms with Crippen LogP contribution in [0.2, 0.25) is 0 Å². The number of guanidine groups is 1. The lowest BCUT2D eigenvalue weighted by molar-refractivity contribution is 0.146. The van der Waals surface area contributed by atoms with Crippen molar-refractivity contribution >= 4 is 29.9 Å². The summed E-state index contributed by atoms with van der Waals surface area (Å²) < 4.78 is 7.51. The Kier molecular flexibility index (Phi) is 12.6. The molecule has 8 heteroatoms. The number of hydrogen-bond acceptors (Lipinski definition) is 4. The highest BCUT2D eigenvalue weighted by atomic mass is 127. The lowest BCUT2D eigenvalue weighted by Crippen LogP contribution is -2.48. The molecule has 0 aliphatic heterocycles. The van der Waals surface area contributed by atoms with E-state index in [0.29, 0.717) is 12.0 Å². The van der Waals surface area contributed by atoms with Gasteiger partial charge in [0, 0.05) is 45.3 Å². The van der Waals surface area contributed by atoms with E-state index in [4.69, 9.17) is 9.73 Å². The number of nitrogens with zero attached hydrogens (tertiary/aromatic N) is 4. The molecule has 1 fully saturated rings. The van der Waals surface area contributed by atoms with Crippen molar-refractivity contribution in [2.45, 2.75) is 71.9 Å². The number of hydrogen-bond donors (Lipinski definition) is 2. The minimum absolute atomic E-state index is 0. The number of aryl methyl sites for hydroxylation is 1. The molecule has 1 saturated carbocycles. The van der Waals surface area contributed by atoms with Gasteiger partial charge in [0.2, 0.25) is 0 Å². The zero-order chi connectivity index (χ0) is 18.6. The van der Waals surface area contributed by atoms with Crippen LogP contribution < -0.4 is 10.6 Å². The van der Waals surface area contributed by atoms with E-state index in [1.807, 2.05) is 6.92 Å². The molecule has 1 aliphatic rings. The third kappa shape index (κ3) is 8.76. The second kappa shape index (κ2) is 14.1. The summed E-state index contributed by atoms with van der Waals surface area (Å²) in [6.07, 6.45) is 8.84. The van der Waals surface area contributed by atoms with E-state index < -0.39 is 0 Å². The molecule has 1 aliphatic carbocycles. The van der Waals surface area contributed by atoms with Gasteiger partial charge in [-0.15, -0.1) is 34.2 Å². The summed E-state index contributed by atoms with van der Waals surface area (Å²) in [7, 11) is 0. The molecule has 1 aromatic rings. The zero-order valence-electron chi connectivity index (χ0n) is 17.1. The molecule has 1 aromatic heterocycles.